The minimum absolute atomic E-state index is 0.0172. The van der Waals surface area contributed by atoms with E-state index in [-0.39, 0.29) is 24.2 Å². The van der Waals surface area contributed by atoms with Crippen molar-refractivity contribution in [1.82, 2.24) is 0 Å². The van der Waals surface area contributed by atoms with Crippen molar-refractivity contribution in [2.45, 2.75) is 12.3 Å². The van der Waals surface area contributed by atoms with Crippen molar-refractivity contribution >= 4 is 17.4 Å². The summed E-state index contributed by atoms with van der Waals surface area (Å²) in [6.45, 7) is -0.0212. The third kappa shape index (κ3) is 3.13. The molecule has 0 aromatic heterocycles. The van der Waals surface area contributed by atoms with Gasteiger partial charge in [-0.3, -0.25) is 4.79 Å². The first kappa shape index (κ1) is 11.2. The summed E-state index contributed by atoms with van der Waals surface area (Å²) in [5.41, 5.74) is 0.980. The number of aliphatic hydroxyl groups excluding tert-OH is 1. The molecule has 1 atom stereocenters. The summed E-state index contributed by atoms with van der Waals surface area (Å²) in [6.07, 6.45) is 0.310. The molecule has 0 unspecified atom stereocenters. The van der Waals surface area contributed by atoms with Gasteiger partial charge in [-0.05, 0) is 5.56 Å². The molecule has 0 amide bonds. The summed E-state index contributed by atoms with van der Waals surface area (Å²) in [4.78, 5) is 11.1. The van der Waals surface area contributed by atoms with Gasteiger partial charge in [0.05, 0.1) is 12.5 Å². The standard InChI is InChI=1S/C11H13ClO2/c12-7-11(14)6-10(8-13)9-4-2-1-3-5-9/h1-5,10,13H,6-8H2/t10-/m1/s1. The number of hydrogen-bond donors (Lipinski definition) is 1. The molecule has 0 heterocycles. The largest absolute Gasteiger partial charge is 0.396 e. The third-order valence-electron chi connectivity index (χ3n) is 2.11. The Labute approximate surface area is 88.5 Å². The van der Waals surface area contributed by atoms with E-state index in [4.69, 9.17) is 16.7 Å². The molecule has 0 spiro atoms. The molecule has 3 heteroatoms. The first-order chi connectivity index (χ1) is 6.77. The van der Waals surface area contributed by atoms with E-state index in [1.807, 2.05) is 30.3 Å². The lowest BCUT2D eigenvalue weighted by molar-refractivity contribution is -0.117. The van der Waals surface area contributed by atoms with Crippen molar-refractivity contribution in [1.29, 1.82) is 0 Å². The maximum atomic E-state index is 11.1. The topological polar surface area (TPSA) is 37.3 Å². The summed E-state index contributed by atoms with van der Waals surface area (Å²) < 4.78 is 0. The lowest BCUT2D eigenvalue weighted by Gasteiger charge is -2.12. The molecule has 1 rings (SSSR count). The van der Waals surface area contributed by atoms with Crippen LogP contribution >= 0.6 is 11.6 Å². The Hall–Kier alpha value is -0.860. The second kappa shape index (κ2) is 5.78. The maximum Gasteiger partial charge on any atom is 0.148 e. The molecular weight excluding hydrogens is 200 g/mol. The molecule has 0 bridgehead atoms. The molecule has 0 saturated carbocycles. The van der Waals surface area contributed by atoms with Crippen LogP contribution < -0.4 is 0 Å². The molecule has 0 fully saturated rings. The minimum Gasteiger partial charge on any atom is -0.396 e. The number of alkyl halides is 1. The first-order valence-electron chi connectivity index (χ1n) is 4.51. The van der Waals surface area contributed by atoms with Gasteiger partial charge in [0.1, 0.15) is 5.78 Å². The van der Waals surface area contributed by atoms with Crippen LogP contribution in [0, 0.1) is 0 Å². The number of carbonyl (C=O) groups is 1. The summed E-state index contributed by atoms with van der Waals surface area (Å²) in [5, 5.41) is 9.13. The fourth-order valence-corrected chi connectivity index (χ4v) is 1.45. The summed E-state index contributed by atoms with van der Waals surface area (Å²) in [7, 11) is 0. The molecule has 0 saturated heterocycles. The Morgan fingerprint density at radius 3 is 2.50 bits per heavy atom. The maximum absolute atomic E-state index is 11.1. The number of ketones is 1. The molecule has 76 valence electrons. The Kier molecular flexibility index (Phi) is 4.63. The van der Waals surface area contributed by atoms with E-state index in [2.05, 4.69) is 0 Å². The van der Waals surface area contributed by atoms with E-state index >= 15 is 0 Å². The second-order valence-corrected chi connectivity index (χ2v) is 3.43. The van der Waals surface area contributed by atoms with Gasteiger partial charge in [0, 0.05) is 12.3 Å². The number of Topliss-reactive ketones (excluding diaryl/α,β-unsaturated/α-hetero) is 1. The highest BCUT2D eigenvalue weighted by atomic mass is 35.5. The van der Waals surface area contributed by atoms with E-state index in [9.17, 15) is 4.79 Å². The average Bonchev–Trinajstić information content (AvgIpc) is 2.26. The van der Waals surface area contributed by atoms with Gasteiger partial charge < -0.3 is 5.11 Å². The van der Waals surface area contributed by atoms with Gasteiger partial charge in [0.15, 0.2) is 0 Å². The number of hydrogen-bond acceptors (Lipinski definition) is 2. The highest BCUT2D eigenvalue weighted by Gasteiger charge is 2.13. The number of carbonyl (C=O) groups excluding carboxylic acids is 1. The van der Waals surface area contributed by atoms with E-state index in [0.717, 1.165) is 5.56 Å². The Balaban J connectivity index is 2.68. The summed E-state index contributed by atoms with van der Waals surface area (Å²) >= 11 is 5.41. The van der Waals surface area contributed by atoms with Gasteiger partial charge in [0.2, 0.25) is 0 Å². The molecule has 2 nitrogen and oxygen atoms in total. The van der Waals surface area contributed by atoms with E-state index in [0.29, 0.717) is 6.42 Å². The highest BCUT2D eigenvalue weighted by molar-refractivity contribution is 6.27. The quantitative estimate of drug-likeness (QED) is 0.758. The van der Waals surface area contributed by atoms with Gasteiger partial charge in [-0.1, -0.05) is 30.3 Å². The van der Waals surface area contributed by atoms with Crippen LogP contribution in [-0.4, -0.2) is 23.4 Å². The van der Waals surface area contributed by atoms with E-state index in [1.165, 1.54) is 0 Å². The first-order valence-corrected chi connectivity index (χ1v) is 5.05. The number of rotatable bonds is 5. The van der Waals surface area contributed by atoms with Gasteiger partial charge >= 0.3 is 0 Å². The van der Waals surface area contributed by atoms with Crippen molar-refractivity contribution in [3.8, 4) is 0 Å². The summed E-state index contributed by atoms with van der Waals surface area (Å²) in [5.74, 6) is -0.138. The Bertz CT molecular complexity index is 285. The van der Waals surface area contributed by atoms with E-state index in [1.54, 1.807) is 0 Å². The molecule has 1 aromatic rings. The minimum atomic E-state index is -0.123. The number of aliphatic hydroxyl groups is 1. The van der Waals surface area contributed by atoms with Gasteiger partial charge in [-0.2, -0.15) is 0 Å². The van der Waals surface area contributed by atoms with E-state index < -0.39 is 0 Å². The molecule has 0 aliphatic rings. The number of benzene rings is 1. The molecule has 0 radical (unpaired) electrons. The fourth-order valence-electron chi connectivity index (χ4n) is 1.34. The van der Waals surface area contributed by atoms with Gasteiger partial charge in [0.25, 0.3) is 0 Å². The zero-order valence-electron chi connectivity index (χ0n) is 7.82. The average molecular weight is 213 g/mol. The second-order valence-electron chi connectivity index (χ2n) is 3.17. The van der Waals surface area contributed by atoms with Crippen molar-refractivity contribution in [3.05, 3.63) is 35.9 Å². The predicted molar refractivity (Wildman–Crippen MR) is 56.6 cm³/mol. The zero-order valence-corrected chi connectivity index (χ0v) is 8.57. The lowest BCUT2D eigenvalue weighted by atomic mass is 9.95. The van der Waals surface area contributed by atoms with Crippen LogP contribution in [0.5, 0.6) is 0 Å². The van der Waals surface area contributed by atoms with Crippen LogP contribution in [0.2, 0.25) is 0 Å². The normalized spacial score (nSPS) is 12.4. The Morgan fingerprint density at radius 2 is 2.00 bits per heavy atom. The summed E-state index contributed by atoms with van der Waals surface area (Å²) in [6, 6.07) is 9.50. The highest BCUT2D eigenvalue weighted by Crippen LogP contribution is 2.19. The van der Waals surface area contributed by atoms with Crippen LogP contribution in [0.25, 0.3) is 0 Å². The van der Waals surface area contributed by atoms with Gasteiger partial charge in [-0.15, -0.1) is 11.6 Å². The monoisotopic (exact) mass is 212 g/mol. The molecule has 0 aliphatic heterocycles. The van der Waals surface area contributed by atoms with Crippen LogP contribution in [0.15, 0.2) is 30.3 Å². The lowest BCUT2D eigenvalue weighted by Crippen LogP contribution is -2.11. The van der Waals surface area contributed by atoms with Crippen molar-refractivity contribution in [3.63, 3.8) is 0 Å². The zero-order chi connectivity index (χ0) is 10.4. The number of halogens is 1. The third-order valence-corrected chi connectivity index (χ3v) is 2.41. The fraction of sp³-hybridized carbons (Fsp3) is 0.364. The SMILES string of the molecule is O=C(CCl)C[C@H](CO)c1ccccc1. The van der Waals surface area contributed by atoms with Crippen molar-refractivity contribution in [2.75, 3.05) is 12.5 Å². The smallest absolute Gasteiger partial charge is 0.148 e. The predicted octanol–water partition coefficient (Wildman–Crippen LogP) is 1.96. The molecule has 1 aromatic carbocycles. The molecular formula is C11H13ClO2. The molecule has 14 heavy (non-hydrogen) atoms. The molecule has 0 aliphatic carbocycles. The van der Waals surface area contributed by atoms with Crippen LogP contribution in [-0.2, 0) is 4.79 Å². The van der Waals surface area contributed by atoms with Crippen LogP contribution in [0.1, 0.15) is 17.9 Å². The van der Waals surface area contributed by atoms with Crippen molar-refractivity contribution in [2.24, 2.45) is 0 Å². The van der Waals surface area contributed by atoms with Crippen LogP contribution in [0.3, 0.4) is 0 Å². The van der Waals surface area contributed by atoms with Gasteiger partial charge in [-0.25, -0.2) is 0 Å². The molecule has 1 N–H and O–H groups in total. The Morgan fingerprint density at radius 1 is 1.36 bits per heavy atom. The van der Waals surface area contributed by atoms with Crippen molar-refractivity contribution < 1.29 is 9.90 Å². The van der Waals surface area contributed by atoms with Crippen LogP contribution in [0.4, 0.5) is 0 Å².